The van der Waals surface area contributed by atoms with Crippen LogP contribution in [0.5, 0.6) is 0 Å². The number of aliphatic hydroxyl groups is 1. The summed E-state index contributed by atoms with van der Waals surface area (Å²) >= 11 is 0. The van der Waals surface area contributed by atoms with Crippen molar-refractivity contribution in [3.05, 3.63) is 35.4 Å². The lowest BCUT2D eigenvalue weighted by Crippen LogP contribution is -2.38. The van der Waals surface area contributed by atoms with Crippen molar-refractivity contribution < 1.29 is 5.11 Å². The van der Waals surface area contributed by atoms with Crippen molar-refractivity contribution >= 4 is 0 Å². The minimum atomic E-state index is -0.674. The third-order valence-corrected chi connectivity index (χ3v) is 3.57. The smallest absolute Gasteiger partial charge is 0.0839 e. The highest BCUT2D eigenvalue weighted by molar-refractivity contribution is 5.30. The highest BCUT2D eigenvalue weighted by atomic mass is 16.3. The number of benzene rings is 1. The van der Waals surface area contributed by atoms with Gasteiger partial charge in [-0.1, -0.05) is 37.1 Å². The Kier molecular flexibility index (Phi) is 2.81. The second-order valence-electron chi connectivity index (χ2n) is 4.64. The Labute approximate surface area is 91.1 Å². The molecule has 3 N–H and O–H groups in total. The summed E-state index contributed by atoms with van der Waals surface area (Å²) in [6.45, 7) is 2.05. The molecule has 2 heteroatoms. The standard InChI is InChI=1S/C13H19NO/c1-10-6-2-3-7-11(10)12(14)13(15)8-4-5-9-13/h2-3,6-7,12,15H,4-5,8-9,14H2,1H3. The topological polar surface area (TPSA) is 46.2 Å². The maximum absolute atomic E-state index is 10.4. The van der Waals surface area contributed by atoms with Crippen molar-refractivity contribution in [1.82, 2.24) is 0 Å². The van der Waals surface area contributed by atoms with Crippen LogP contribution in [0.3, 0.4) is 0 Å². The molecule has 1 unspecified atom stereocenters. The molecule has 0 spiro atoms. The molecule has 0 aliphatic heterocycles. The van der Waals surface area contributed by atoms with Gasteiger partial charge in [0.1, 0.15) is 0 Å². The van der Waals surface area contributed by atoms with Gasteiger partial charge in [0.2, 0.25) is 0 Å². The van der Waals surface area contributed by atoms with Crippen molar-refractivity contribution in [3.8, 4) is 0 Å². The van der Waals surface area contributed by atoms with Gasteiger partial charge >= 0.3 is 0 Å². The van der Waals surface area contributed by atoms with Gasteiger partial charge in [-0.2, -0.15) is 0 Å². The van der Waals surface area contributed by atoms with Crippen LogP contribution in [0.25, 0.3) is 0 Å². The van der Waals surface area contributed by atoms with Crippen LogP contribution in [-0.4, -0.2) is 10.7 Å². The fraction of sp³-hybridized carbons (Fsp3) is 0.538. The summed E-state index contributed by atoms with van der Waals surface area (Å²) < 4.78 is 0. The summed E-state index contributed by atoms with van der Waals surface area (Å²) in [5.74, 6) is 0. The fourth-order valence-electron chi connectivity index (χ4n) is 2.52. The van der Waals surface area contributed by atoms with E-state index >= 15 is 0 Å². The third kappa shape index (κ3) is 1.92. The van der Waals surface area contributed by atoms with E-state index in [1.54, 1.807) is 0 Å². The minimum absolute atomic E-state index is 0.235. The Bertz CT molecular complexity index is 342. The molecule has 1 aliphatic rings. The van der Waals surface area contributed by atoms with E-state index in [0.29, 0.717) is 0 Å². The second-order valence-corrected chi connectivity index (χ2v) is 4.64. The Morgan fingerprint density at radius 1 is 1.27 bits per heavy atom. The highest BCUT2D eigenvalue weighted by Gasteiger charge is 2.38. The Hall–Kier alpha value is -0.860. The van der Waals surface area contributed by atoms with Gasteiger partial charge in [0, 0.05) is 0 Å². The zero-order valence-electron chi connectivity index (χ0n) is 9.24. The molecule has 0 heterocycles. The molecule has 0 radical (unpaired) electrons. The van der Waals surface area contributed by atoms with Crippen molar-refractivity contribution in [2.45, 2.75) is 44.2 Å². The molecule has 2 nitrogen and oxygen atoms in total. The van der Waals surface area contributed by atoms with E-state index in [1.807, 2.05) is 31.2 Å². The predicted molar refractivity (Wildman–Crippen MR) is 61.5 cm³/mol. The van der Waals surface area contributed by atoms with E-state index in [0.717, 1.165) is 31.2 Å². The van der Waals surface area contributed by atoms with Gasteiger partial charge in [0.25, 0.3) is 0 Å². The molecule has 1 aromatic rings. The Balaban J connectivity index is 2.27. The van der Waals surface area contributed by atoms with E-state index in [-0.39, 0.29) is 6.04 Å². The van der Waals surface area contributed by atoms with Crippen molar-refractivity contribution in [3.63, 3.8) is 0 Å². The van der Waals surface area contributed by atoms with Crippen LogP contribution in [0.1, 0.15) is 42.9 Å². The average Bonchev–Trinajstić information content (AvgIpc) is 2.66. The highest BCUT2D eigenvalue weighted by Crippen LogP contribution is 2.39. The van der Waals surface area contributed by atoms with E-state index in [9.17, 15) is 5.11 Å². The van der Waals surface area contributed by atoms with Gasteiger partial charge in [-0.05, 0) is 30.9 Å². The predicted octanol–water partition coefficient (Wildman–Crippen LogP) is 2.30. The number of hydrogen-bond acceptors (Lipinski definition) is 2. The molecule has 1 saturated carbocycles. The Morgan fingerprint density at radius 3 is 2.47 bits per heavy atom. The minimum Gasteiger partial charge on any atom is -0.388 e. The summed E-state index contributed by atoms with van der Waals surface area (Å²) in [7, 11) is 0. The summed E-state index contributed by atoms with van der Waals surface area (Å²) in [5.41, 5.74) is 7.77. The SMILES string of the molecule is Cc1ccccc1C(N)C1(O)CCCC1. The first-order chi connectivity index (χ1) is 7.13. The van der Waals surface area contributed by atoms with Gasteiger partial charge in [-0.3, -0.25) is 0 Å². The van der Waals surface area contributed by atoms with Crippen molar-refractivity contribution in [2.75, 3.05) is 0 Å². The van der Waals surface area contributed by atoms with Crippen LogP contribution in [0, 0.1) is 6.92 Å². The lowest BCUT2D eigenvalue weighted by Gasteiger charge is -2.30. The van der Waals surface area contributed by atoms with E-state index < -0.39 is 5.60 Å². The number of aryl methyl sites for hydroxylation is 1. The lowest BCUT2D eigenvalue weighted by molar-refractivity contribution is 0.0201. The first kappa shape index (κ1) is 10.7. The number of rotatable bonds is 2. The molecule has 1 aromatic carbocycles. The zero-order valence-corrected chi connectivity index (χ0v) is 9.24. The Morgan fingerprint density at radius 2 is 1.87 bits per heavy atom. The molecular weight excluding hydrogens is 186 g/mol. The molecule has 2 rings (SSSR count). The van der Waals surface area contributed by atoms with Crippen LogP contribution in [0.2, 0.25) is 0 Å². The van der Waals surface area contributed by atoms with Crippen LogP contribution >= 0.6 is 0 Å². The molecule has 1 fully saturated rings. The maximum Gasteiger partial charge on any atom is 0.0839 e. The van der Waals surface area contributed by atoms with E-state index in [2.05, 4.69) is 0 Å². The van der Waals surface area contributed by atoms with Crippen LogP contribution in [0.4, 0.5) is 0 Å². The van der Waals surface area contributed by atoms with Crippen LogP contribution in [-0.2, 0) is 0 Å². The van der Waals surface area contributed by atoms with Gasteiger partial charge in [-0.15, -0.1) is 0 Å². The monoisotopic (exact) mass is 205 g/mol. The molecular formula is C13H19NO. The number of hydrogen-bond donors (Lipinski definition) is 2. The van der Waals surface area contributed by atoms with E-state index in [4.69, 9.17) is 5.73 Å². The molecule has 15 heavy (non-hydrogen) atoms. The van der Waals surface area contributed by atoms with Crippen LogP contribution < -0.4 is 5.73 Å². The summed E-state index contributed by atoms with van der Waals surface area (Å²) in [6.07, 6.45) is 3.86. The maximum atomic E-state index is 10.4. The largest absolute Gasteiger partial charge is 0.388 e. The molecule has 1 atom stereocenters. The van der Waals surface area contributed by atoms with Crippen LogP contribution in [0.15, 0.2) is 24.3 Å². The first-order valence-corrected chi connectivity index (χ1v) is 5.67. The first-order valence-electron chi connectivity index (χ1n) is 5.67. The normalized spacial score (nSPS) is 21.5. The van der Waals surface area contributed by atoms with E-state index in [1.165, 1.54) is 5.56 Å². The fourth-order valence-corrected chi connectivity index (χ4v) is 2.52. The second kappa shape index (κ2) is 3.95. The third-order valence-electron chi connectivity index (χ3n) is 3.57. The average molecular weight is 205 g/mol. The van der Waals surface area contributed by atoms with Gasteiger partial charge in [-0.25, -0.2) is 0 Å². The van der Waals surface area contributed by atoms with Gasteiger partial charge in [0.15, 0.2) is 0 Å². The molecule has 0 saturated heterocycles. The summed E-state index contributed by atoms with van der Waals surface area (Å²) in [5, 5.41) is 10.4. The quantitative estimate of drug-likeness (QED) is 0.778. The summed E-state index contributed by atoms with van der Waals surface area (Å²) in [4.78, 5) is 0. The zero-order chi connectivity index (χ0) is 10.9. The lowest BCUT2D eigenvalue weighted by atomic mass is 9.86. The molecule has 0 bridgehead atoms. The molecule has 1 aliphatic carbocycles. The molecule has 82 valence electrons. The van der Waals surface area contributed by atoms with Gasteiger partial charge in [0.05, 0.1) is 11.6 Å². The summed E-state index contributed by atoms with van der Waals surface area (Å²) in [6, 6.07) is 7.83. The van der Waals surface area contributed by atoms with Crippen molar-refractivity contribution in [1.29, 1.82) is 0 Å². The van der Waals surface area contributed by atoms with Gasteiger partial charge < -0.3 is 10.8 Å². The van der Waals surface area contributed by atoms with Crippen molar-refractivity contribution in [2.24, 2.45) is 5.73 Å². The number of nitrogens with two attached hydrogens (primary N) is 1. The molecule has 0 amide bonds. The molecule has 0 aromatic heterocycles.